The molecule has 1 saturated heterocycles. The molecule has 1 heterocycles. The van der Waals surface area contributed by atoms with Crippen molar-refractivity contribution in [3.05, 3.63) is 72.3 Å². The zero-order chi connectivity index (χ0) is 32.4. The highest BCUT2D eigenvalue weighted by Crippen LogP contribution is 2.32. The van der Waals surface area contributed by atoms with Gasteiger partial charge in [-0.15, -0.1) is 0 Å². The Labute approximate surface area is 265 Å². The lowest BCUT2D eigenvalue weighted by molar-refractivity contribution is -0.165. The molecule has 1 N–H and O–H groups in total. The SMILES string of the molecule is CC(C)c1ccc(NC(=O)C[C@@H](C(=O)OC(C)(C)C)N(C)C(=O)[C@@H]2C[C@@H](S)CN2S(=O)(=O)c2ccc3ccccc3c2)cc1. The summed E-state index contributed by atoms with van der Waals surface area (Å²) in [6, 6.07) is 17.2. The van der Waals surface area contributed by atoms with Crippen LogP contribution in [0.1, 0.15) is 58.9 Å². The molecule has 0 radical (unpaired) electrons. The van der Waals surface area contributed by atoms with Crippen molar-refractivity contribution in [2.24, 2.45) is 0 Å². The lowest BCUT2D eigenvalue weighted by atomic mass is 10.0. The van der Waals surface area contributed by atoms with E-state index in [2.05, 4.69) is 31.8 Å². The number of nitrogens with zero attached hydrogens (tertiary/aromatic N) is 2. The van der Waals surface area contributed by atoms with Crippen LogP contribution in [0.15, 0.2) is 71.6 Å². The van der Waals surface area contributed by atoms with E-state index in [9.17, 15) is 22.8 Å². The number of fused-ring (bicyclic) bond motifs is 1. The molecule has 44 heavy (non-hydrogen) atoms. The fraction of sp³-hybridized carbons (Fsp3) is 0.424. The first-order valence-electron chi connectivity index (χ1n) is 14.6. The second-order valence-electron chi connectivity index (χ2n) is 12.5. The third-order valence-electron chi connectivity index (χ3n) is 7.58. The van der Waals surface area contributed by atoms with Crippen LogP contribution in [0.3, 0.4) is 0 Å². The number of esters is 1. The molecule has 1 fully saturated rings. The van der Waals surface area contributed by atoms with Gasteiger partial charge in [-0.2, -0.15) is 16.9 Å². The van der Waals surface area contributed by atoms with Crippen molar-refractivity contribution in [1.82, 2.24) is 9.21 Å². The molecule has 0 bridgehead atoms. The van der Waals surface area contributed by atoms with Gasteiger partial charge in [0.2, 0.25) is 21.8 Å². The first kappa shape index (κ1) is 33.5. The zero-order valence-corrected chi connectivity index (χ0v) is 27.7. The van der Waals surface area contributed by atoms with Crippen LogP contribution in [0, 0.1) is 0 Å². The molecule has 0 unspecified atom stereocenters. The molecule has 0 aliphatic carbocycles. The third-order valence-corrected chi connectivity index (χ3v) is 9.82. The molecule has 1 aliphatic heterocycles. The number of rotatable bonds is 9. The summed E-state index contributed by atoms with van der Waals surface area (Å²) in [7, 11) is -2.70. The second kappa shape index (κ2) is 13.3. The van der Waals surface area contributed by atoms with Gasteiger partial charge in [0, 0.05) is 24.5 Å². The van der Waals surface area contributed by atoms with Crippen molar-refractivity contribution in [3.63, 3.8) is 0 Å². The number of thiol groups is 1. The molecule has 3 aromatic rings. The molecule has 0 aromatic heterocycles. The van der Waals surface area contributed by atoms with Crippen LogP contribution in [-0.4, -0.2) is 71.9 Å². The average Bonchev–Trinajstić information content (AvgIpc) is 3.36. The van der Waals surface area contributed by atoms with Crippen molar-refractivity contribution >= 4 is 56.9 Å². The highest BCUT2D eigenvalue weighted by Gasteiger charge is 2.46. The number of ether oxygens (including phenoxy) is 1. The molecule has 3 atom stereocenters. The number of amides is 2. The minimum atomic E-state index is -4.10. The Hall–Kier alpha value is -3.41. The summed E-state index contributed by atoms with van der Waals surface area (Å²) >= 11 is 4.52. The van der Waals surface area contributed by atoms with Crippen LogP contribution in [0.2, 0.25) is 0 Å². The fourth-order valence-electron chi connectivity index (χ4n) is 5.21. The molecule has 236 valence electrons. The number of hydrogen-bond donors (Lipinski definition) is 2. The molecular weight excluding hydrogens is 599 g/mol. The van der Waals surface area contributed by atoms with Gasteiger partial charge < -0.3 is 15.0 Å². The maximum atomic E-state index is 14.0. The number of benzene rings is 3. The van der Waals surface area contributed by atoms with E-state index in [4.69, 9.17) is 4.74 Å². The van der Waals surface area contributed by atoms with Crippen molar-refractivity contribution in [1.29, 1.82) is 0 Å². The van der Waals surface area contributed by atoms with Crippen LogP contribution in [0.25, 0.3) is 10.8 Å². The Balaban J connectivity index is 1.59. The summed E-state index contributed by atoms with van der Waals surface area (Å²) < 4.78 is 34.5. The summed E-state index contributed by atoms with van der Waals surface area (Å²) in [6.07, 6.45) is -0.230. The van der Waals surface area contributed by atoms with E-state index >= 15 is 0 Å². The van der Waals surface area contributed by atoms with Crippen molar-refractivity contribution in [2.45, 2.75) is 81.2 Å². The quantitative estimate of drug-likeness (QED) is 0.245. The highest BCUT2D eigenvalue weighted by molar-refractivity contribution is 7.89. The first-order chi connectivity index (χ1) is 20.6. The van der Waals surface area contributed by atoms with Gasteiger partial charge in [-0.1, -0.05) is 56.3 Å². The fourth-order valence-corrected chi connectivity index (χ4v) is 7.37. The van der Waals surface area contributed by atoms with E-state index in [0.717, 1.165) is 25.5 Å². The highest BCUT2D eigenvalue weighted by atomic mass is 32.2. The van der Waals surface area contributed by atoms with Crippen LogP contribution >= 0.6 is 12.6 Å². The summed E-state index contributed by atoms with van der Waals surface area (Å²) in [4.78, 5) is 41.7. The average molecular weight is 640 g/mol. The molecule has 0 spiro atoms. The monoisotopic (exact) mass is 639 g/mol. The number of anilines is 1. The number of carbonyl (C=O) groups is 3. The predicted molar refractivity (Wildman–Crippen MR) is 175 cm³/mol. The van der Waals surface area contributed by atoms with E-state index in [1.165, 1.54) is 13.1 Å². The Morgan fingerprint density at radius 2 is 1.66 bits per heavy atom. The maximum Gasteiger partial charge on any atom is 0.329 e. The molecule has 4 rings (SSSR count). The Kier molecular flexibility index (Phi) is 10.1. The molecular formula is C33H41N3O6S2. The number of carbonyl (C=O) groups excluding carboxylic acids is 3. The summed E-state index contributed by atoms with van der Waals surface area (Å²) in [6.45, 7) is 9.24. The van der Waals surface area contributed by atoms with E-state index in [1.54, 1.807) is 45.0 Å². The summed E-state index contributed by atoms with van der Waals surface area (Å²) in [5.41, 5.74) is 0.789. The smallest absolute Gasteiger partial charge is 0.329 e. The van der Waals surface area contributed by atoms with Gasteiger partial charge in [-0.05, 0) is 73.7 Å². The largest absolute Gasteiger partial charge is 0.458 e. The van der Waals surface area contributed by atoms with Crippen molar-refractivity contribution in [2.75, 3.05) is 18.9 Å². The lowest BCUT2D eigenvalue weighted by Crippen LogP contribution is -2.53. The standard InChI is InChI=1S/C33H41N3O6S2/c1-21(2)22-11-14-25(15-12-22)34-30(37)19-29(32(39)42-33(3,4)5)35(6)31(38)28-18-26(43)20-36(28)44(40,41)27-16-13-23-9-7-8-10-24(23)17-27/h7-17,21,26,28-29,43H,18-20H2,1-6H3,(H,34,37)/t26-,28+,29+/m1/s1. The van der Waals surface area contributed by atoms with Gasteiger partial charge in [0.15, 0.2) is 0 Å². The van der Waals surface area contributed by atoms with E-state index in [0.29, 0.717) is 11.6 Å². The normalized spacial score (nSPS) is 18.3. The third kappa shape index (κ3) is 7.80. The summed E-state index contributed by atoms with van der Waals surface area (Å²) in [5.74, 6) is -1.54. The minimum Gasteiger partial charge on any atom is -0.458 e. The van der Waals surface area contributed by atoms with Gasteiger partial charge >= 0.3 is 5.97 Å². The molecule has 3 aromatic carbocycles. The van der Waals surface area contributed by atoms with Crippen LogP contribution in [-0.2, 0) is 29.1 Å². The van der Waals surface area contributed by atoms with Gasteiger partial charge in [0.05, 0.1) is 11.3 Å². The van der Waals surface area contributed by atoms with Gasteiger partial charge in [0.25, 0.3) is 0 Å². The second-order valence-corrected chi connectivity index (χ2v) is 15.1. The Morgan fingerprint density at radius 1 is 1.02 bits per heavy atom. The number of hydrogen-bond acceptors (Lipinski definition) is 7. The predicted octanol–water partition coefficient (Wildman–Crippen LogP) is 5.22. The maximum absolute atomic E-state index is 14.0. The van der Waals surface area contributed by atoms with Crippen LogP contribution in [0.4, 0.5) is 5.69 Å². The molecule has 2 amide bonds. The van der Waals surface area contributed by atoms with Crippen molar-refractivity contribution < 1.29 is 27.5 Å². The van der Waals surface area contributed by atoms with Crippen LogP contribution < -0.4 is 5.32 Å². The molecule has 11 heteroatoms. The van der Waals surface area contributed by atoms with E-state index in [-0.39, 0.29) is 24.3 Å². The number of sulfonamides is 1. The zero-order valence-electron chi connectivity index (χ0n) is 26.0. The van der Waals surface area contributed by atoms with Crippen LogP contribution in [0.5, 0.6) is 0 Å². The first-order valence-corrected chi connectivity index (χ1v) is 16.6. The number of likely N-dealkylation sites (N-methyl/N-ethyl adjacent to an activating group) is 1. The van der Waals surface area contributed by atoms with E-state index < -0.39 is 50.7 Å². The minimum absolute atomic E-state index is 0.0203. The Morgan fingerprint density at radius 3 is 2.27 bits per heavy atom. The lowest BCUT2D eigenvalue weighted by Gasteiger charge is -2.33. The summed E-state index contributed by atoms with van der Waals surface area (Å²) in [5, 5.41) is 4.04. The number of nitrogens with one attached hydrogen (secondary N) is 1. The topological polar surface area (TPSA) is 113 Å². The van der Waals surface area contributed by atoms with E-state index in [1.807, 2.05) is 36.4 Å². The van der Waals surface area contributed by atoms with Gasteiger partial charge in [-0.3, -0.25) is 9.59 Å². The molecule has 9 nitrogen and oxygen atoms in total. The Bertz CT molecular complexity index is 1630. The van der Waals surface area contributed by atoms with Gasteiger partial charge in [0.1, 0.15) is 17.7 Å². The van der Waals surface area contributed by atoms with Gasteiger partial charge in [-0.25, -0.2) is 13.2 Å². The molecule has 0 saturated carbocycles. The van der Waals surface area contributed by atoms with Crippen molar-refractivity contribution in [3.8, 4) is 0 Å². The molecule has 1 aliphatic rings.